The highest BCUT2D eigenvalue weighted by molar-refractivity contribution is 9.10. The van der Waals surface area contributed by atoms with Crippen molar-refractivity contribution in [3.05, 3.63) is 39.1 Å². The fraction of sp³-hybridized carbons (Fsp3) is 0.385. The SMILES string of the molecule is CCCn1c(N(C)Cc2cccc(Br)c2)n[nH]c1=S. The molecule has 2 aromatic rings. The first-order valence-corrected chi connectivity index (χ1v) is 7.42. The molecule has 19 heavy (non-hydrogen) atoms. The summed E-state index contributed by atoms with van der Waals surface area (Å²) in [5, 5.41) is 7.18. The maximum Gasteiger partial charge on any atom is 0.225 e. The molecule has 2 rings (SSSR count). The van der Waals surface area contributed by atoms with Crippen LogP contribution in [0.1, 0.15) is 18.9 Å². The van der Waals surface area contributed by atoms with Crippen molar-refractivity contribution in [3.63, 3.8) is 0 Å². The number of H-pyrrole nitrogens is 1. The van der Waals surface area contributed by atoms with Crippen LogP contribution in [-0.4, -0.2) is 21.8 Å². The minimum absolute atomic E-state index is 0.679. The van der Waals surface area contributed by atoms with E-state index in [1.54, 1.807) is 0 Å². The van der Waals surface area contributed by atoms with Gasteiger partial charge in [0.1, 0.15) is 0 Å². The summed E-state index contributed by atoms with van der Waals surface area (Å²) >= 11 is 8.74. The zero-order valence-electron chi connectivity index (χ0n) is 11.1. The van der Waals surface area contributed by atoms with Gasteiger partial charge in [0.05, 0.1) is 0 Å². The van der Waals surface area contributed by atoms with Crippen LogP contribution in [0, 0.1) is 4.77 Å². The van der Waals surface area contributed by atoms with Crippen LogP contribution < -0.4 is 4.90 Å². The lowest BCUT2D eigenvalue weighted by molar-refractivity contribution is 0.654. The Morgan fingerprint density at radius 1 is 1.47 bits per heavy atom. The van der Waals surface area contributed by atoms with Crippen LogP contribution in [0.5, 0.6) is 0 Å². The van der Waals surface area contributed by atoms with Gasteiger partial charge in [0.2, 0.25) is 5.95 Å². The van der Waals surface area contributed by atoms with Crippen LogP contribution in [0.2, 0.25) is 0 Å². The second-order valence-corrected chi connectivity index (χ2v) is 5.77. The molecule has 1 N–H and O–H groups in total. The fourth-order valence-electron chi connectivity index (χ4n) is 2.01. The van der Waals surface area contributed by atoms with E-state index in [-0.39, 0.29) is 0 Å². The number of rotatable bonds is 5. The molecule has 4 nitrogen and oxygen atoms in total. The summed E-state index contributed by atoms with van der Waals surface area (Å²) in [7, 11) is 2.03. The molecule has 1 aromatic carbocycles. The summed E-state index contributed by atoms with van der Waals surface area (Å²) in [4.78, 5) is 2.10. The average molecular weight is 341 g/mol. The van der Waals surface area contributed by atoms with Crippen molar-refractivity contribution in [2.45, 2.75) is 26.4 Å². The first kappa shape index (κ1) is 14.3. The third kappa shape index (κ3) is 3.45. The van der Waals surface area contributed by atoms with Crippen LogP contribution >= 0.6 is 28.1 Å². The first-order valence-electron chi connectivity index (χ1n) is 6.22. The molecule has 102 valence electrons. The maximum absolute atomic E-state index is 5.25. The van der Waals surface area contributed by atoms with E-state index in [0.29, 0.717) is 4.77 Å². The molecule has 0 amide bonds. The second-order valence-electron chi connectivity index (χ2n) is 4.47. The van der Waals surface area contributed by atoms with E-state index in [0.717, 1.165) is 29.9 Å². The third-order valence-electron chi connectivity index (χ3n) is 2.84. The molecule has 0 fully saturated rings. The predicted molar refractivity (Wildman–Crippen MR) is 84.0 cm³/mol. The smallest absolute Gasteiger partial charge is 0.225 e. The Balaban J connectivity index is 2.20. The second kappa shape index (κ2) is 6.34. The number of nitrogens with zero attached hydrogens (tertiary/aromatic N) is 3. The topological polar surface area (TPSA) is 36.9 Å². The quantitative estimate of drug-likeness (QED) is 0.842. The van der Waals surface area contributed by atoms with E-state index >= 15 is 0 Å². The highest BCUT2D eigenvalue weighted by Gasteiger charge is 2.10. The number of aromatic nitrogens is 3. The number of anilines is 1. The van der Waals surface area contributed by atoms with Crippen molar-refractivity contribution in [1.29, 1.82) is 0 Å². The molecule has 0 bridgehead atoms. The van der Waals surface area contributed by atoms with Crippen molar-refractivity contribution in [2.75, 3.05) is 11.9 Å². The number of nitrogens with one attached hydrogen (secondary N) is 1. The number of benzene rings is 1. The minimum atomic E-state index is 0.679. The van der Waals surface area contributed by atoms with E-state index in [1.807, 2.05) is 23.7 Å². The highest BCUT2D eigenvalue weighted by atomic mass is 79.9. The maximum atomic E-state index is 5.25. The molecule has 0 aliphatic carbocycles. The van der Waals surface area contributed by atoms with Crippen molar-refractivity contribution in [2.24, 2.45) is 0 Å². The summed E-state index contributed by atoms with van der Waals surface area (Å²) in [5.74, 6) is 0.881. The molecule has 6 heteroatoms. The predicted octanol–water partition coefficient (Wildman–Crippen LogP) is 3.75. The molecule has 0 radical (unpaired) electrons. The minimum Gasteiger partial charge on any atom is -0.340 e. The molecular weight excluding hydrogens is 324 g/mol. The van der Waals surface area contributed by atoms with Gasteiger partial charge >= 0.3 is 0 Å². The monoisotopic (exact) mass is 340 g/mol. The molecule has 0 spiro atoms. The van der Waals surface area contributed by atoms with Crippen molar-refractivity contribution in [1.82, 2.24) is 14.8 Å². The Labute approximate surface area is 126 Å². The van der Waals surface area contributed by atoms with E-state index < -0.39 is 0 Å². The Bertz CT molecular complexity index is 605. The lowest BCUT2D eigenvalue weighted by Crippen LogP contribution is -2.21. The zero-order chi connectivity index (χ0) is 13.8. The van der Waals surface area contributed by atoms with Gasteiger partial charge in [0, 0.05) is 24.6 Å². The van der Waals surface area contributed by atoms with Gasteiger partial charge in [-0.2, -0.15) is 0 Å². The van der Waals surface area contributed by atoms with Gasteiger partial charge in [-0.1, -0.05) is 35.0 Å². The van der Waals surface area contributed by atoms with Crippen molar-refractivity contribution in [3.8, 4) is 0 Å². The van der Waals surface area contributed by atoms with Gasteiger partial charge in [0.25, 0.3) is 0 Å². The van der Waals surface area contributed by atoms with Crippen molar-refractivity contribution >= 4 is 34.1 Å². The van der Waals surface area contributed by atoms with Gasteiger partial charge < -0.3 is 4.90 Å². The molecule has 0 atom stereocenters. The molecule has 0 aliphatic rings. The van der Waals surface area contributed by atoms with Crippen LogP contribution in [0.15, 0.2) is 28.7 Å². The Kier molecular flexibility index (Phi) is 4.76. The Morgan fingerprint density at radius 3 is 2.95 bits per heavy atom. The van der Waals surface area contributed by atoms with E-state index in [4.69, 9.17) is 12.2 Å². The lowest BCUT2D eigenvalue weighted by atomic mass is 10.2. The largest absolute Gasteiger partial charge is 0.340 e. The molecule has 0 saturated carbocycles. The lowest BCUT2D eigenvalue weighted by Gasteiger charge is -2.18. The third-order valence-corrected chi connectivity index (χ3v) is 3.64. The highest BCUT2D eigenvalue weighted by Crippen LogP contribution is 2.17. The molecule has 1 aromatic heterocycles. The summed E-state index contributed by atoms with van der Waals surface area (Å²) in [6, 6.07) is 8.28. The Hall–Kier alpha value is -1.14. The van der Waals surface area contributed by atoms with Crippen LogP contribution in [-0.2, 0) is 13.1 Å². The van der Waals surface area contributed by atoms with Gasteiger partial charge in [-0.05, 0) is 36.3 Å². The fourth-order valence-corrected chi connectivity index (χ4v) is 2.67. The number of halogens is 1. The van der Waals surface area contributed by atoms with Crippen molar-refractivity contribution < 1.29 is 0 Å². The standard InChI is InChI=1S/C13H17BrN4S/c1-3-7-18-12(15-16-13(18)19)17(2)9-10-5-4-6-11(14)8-10/h4-6,8H,3,7,9H2,1-2H3,(H,16,19). The summed E-state index contributed by atoms with van der Waals surface area (Å²) in [6.45, 7) is 3.81. The molecule has 0 saturated heterocycles. The summed E-state index contributed by atoms with van der Waals surface area (Å²) in [5.41, 5.74) is 1.23. The zero-order valence-corrected chi connectivity index (χ0v) is 13.5. The van der Waals surface area contributed by atoms with Gasteiger partial charge in [0.15, 0.2) is 4.77 Å². The summed E-state index contributed by atoms with van der Waals surface area (Å²) in [6.07, 6.45) is 1.03. The van der Waals surface area contributed by atoms with Crippen LogP contribution in [0.25, 0.3) is 0 Å². The van der Waals surface area contributed by atoms with Crippen LogP contribution in [0.3, 0.4) is 0 Å². The van der Waals surface area contributed by atoms with E-state index in [2.05, 4.69) is 50.1 Å². The van der Waals surface area contributed by atoms with Crippen LogP contribution in [0.4, 0.5) is 5.95 Å². The molecule has 1 heterocycles. The summed E-state index contributed by atoms with van der Waals surface area (Å²) < 4.78 is 3.80. The number of hydrogen-bond donors (Lipinski definition) is 1. The normalized spacial score (nSPS) is 10.7. The average Bonchev–Trinajstić information content (AvgIpc) is 2.72. The number of aromatic amines is 1. The van der Waals surface area contributed by atoms with Gasteiger partial charge in [-0.15, -0.1) is 5.10 Å². The number of hydrogen-bond acceptors (Lipinski definition) is 3. The molecular formula is C13H17BrN4S. The van der Waals surface area contributed by atoms with Gasteiger partial charge in [-0.3, -0.25) is 4.57 Å². The molecule has 0 aliphatic heterocycles. The van der Waals surface area contributed by atoms with Gasteiger partial charge in [-0.25, -0.2) is 5.10 Å². The van der Waals surface area contributed by atoms with E-state index in [1.165, 1.54) is 5.56 Å². The Morgan fingerprint density at radius 2 is 2.26 bits per heavy atom. The first-order chi connectivity index (χ1) is 9.11. The molecule has 0 unspecified atom stereocenters. The van der Waals surface area contributed by atoms with E-state index in [9.17, 15) is 0 Å².